The molecule has 7 atom stereocenters. The topological polar surface area (TPSA) is 74.7 Å². The third kappa shape index (κ3) is 4.18. The Morgan fingerprint density at radius 1 is 1.24 bits per heavy atom. The van der Waals surface area contributed by atoms with Crippen LogP contribution in [0.4, 0.5) is 0 Å². The van der Waals surface area contributed by atoms with Crippen LogP contribution in [0.15, 0.2) is 11.6 Å². The summed E-state index contributed by atoms with van der Waals surface area (Å²) in [4.78, 5) is 13.3. The van der Waals surface area contributed by atoms with Crippen LogP contribution in [0.25, 0.3) is 0 Å². The molecule has 4 aliphatic carbocycles. The Kier molecular flexibility index (Phi) is 7.21. The van der Waals surface area contributed by atoms with Crippen molar-refractivity contribution in [3.05, 3.63) is 11.6 Å². The number of amides is 1. The molecular formula is C28H45N3O3. The van der Waals surface area contributed by atoms with E-state index >= 15 is 0 Å². The van der Waals surface area contributed by atoms with E-state index in [-0.39, 0.29) is 11.0 Å². The number of morpholine rings is 1. The number of carbonyl (C=O) groups is 1. The minimum absolute atomic E-state index is 0.0882. The van der Waals surface area contributed by atoms with Crippen LogP contribution in [0, 0.1) is 34.5 Å². The maximum Gasteiger partial charge on any atom is 0.207 e. The van der Waals surface area contributed by atoms with Gasteiger partial charge in [0.05, 0.1) is 18.8 Å². The molecule has 6 nitrogen and oxygen atoms in total. The van der Waals surface area contributed by atoms with Crippen molar-refractivity contribution in [3.63, 3.8) is 0 Å². The van der Waals surface area contributed by atoms with Crippen LogP contribution in [0.3, 0.4) is 0 Å². The van der Waals surface area contributed by atoms with E-state index in [2.05, 4.69) is 30.1 Å². The third-order valence-corrected chi connectivity index (χ3v) is 10.5. The number of fused-ring (bicyclic) bond motifs is 5. The molecule has 1 amide bonds. The second-order valence-electron chi connectivity index (χ2n) is 11.8. The van der Waals surface area contributed by atoms with Gasteiger partial charge in [0, 0.05) is 49.3 Å². The van der Waals surface area contributed by atoms with Crippen LogP contribution in [-0.2, 0) is 14.3 Å². The Balaban J connectivity index is 1.24. The number of carbonyl (C=O) groups excluding carboxylic acids is 1. The zero-order chi connectivity index (χ0) is 23.8. The predicted molar refractivity (Wildman–Crippen MR) is 134 cm³/mol. The van der Waals surface area contributed by atoms with Gasteiger partial charge in [0.1, 0.15) is 0 Å². The summed E-state index contributed by atoms with van der Waals surface area (Å²) in [5, 5.41) is 11.4. The van der Waals surface area contributed by atoms with Crippen LogP contribution in [0.5, 0.6) is 0 Å². The lowest BCUT2D eigenvalue weighted by molar-refractivity contribution is -0.120. The van der Waals surface area contributed by atoms with Crippen molar-refractivity contribution in [2.75, 3.05) is 39.5 Å². The van der Waals surface area contributed by atoms with E-state index in [4.69, 9.17) is 14.9 Å². The van der Waals surface area contributed by atoms with E-state index in [1.54, 1.807) is 5.57 Å². The summed E-state index contributed by atoms with van der Waals surface area (Å²) in [6, 6.07) is 0.424. The standard InChI is InChI=1S/C28H45N3O3/c1-3-28(34-15-10-21(9-12-30-19-32)31-13-16-33-17-14-31)18-20-4-5-22-23(26(20)28)8-11-27(2)24(22)6-7-25(27)29/h18-19,21-24,26,29H,3-17H2,1-2H3,(H,30,32). The maximum atomic E-state index is 10.8. The van der Waals surface area contributed by atoms with Crippen molar-refractivity contribution in [1.82, 2.24) is 10.2 Å². The summed E-state index contributed by atoms with van der Waals surface area (Å²) in [5.74, 6) is 2.82. The van der Waals surface area contributed by atoms with Crippen LogP contribution in [-0.4, -0.2) is 68.1 Å². The molecule has 34 heavy (non-hydrogen) atoms. The minimum Gasteiger partial charge on any atom is -0.379 e. The molecule has 2 N–H and O–H groups in total. The quantitative estimate of drug-likeness (QED) is 0.285. The molecule has 0 aromatic carbocycles. The molecule has 1 heterocycles. The lowest BCUT2D eigenvalue weighted by atomic mass is 9.47. The van der Waals surface area contributed by atoms with Crippen LogP contribution in [0.1, 0.15) is 71.6 Å². The number of nitrogens with one attached hydrogen (secondary N) is 2. The molecule has 0 aromatic heterocycles. The highest BCUT2D eigenvalue weighted by Gasteiger charge is 2.60. The molecule has 5 aliphatic rings. The fraction of sp³-hybridized carbons (Fsp3) is 0.857. The van der Waals surface area contributed by atoms with Crippen molar-refractivity contribution in [1.29, 1.82) is 5.41 Å². The highest BCUT2D eigenvalue weighted by molar-refractivity contribution is 5.89. The molecule has 5 rings (SSSR count). The Labute approximate surface area is 205 Å². The molecule has 3 saturated carbocycles. The SMILES string of the molecule is CCC1(OCCC(CCNC=O)N2CCOCC2)C=C2CCC3C(CCC4(C)C(=N)CCC34)C21. The van der Waals surface area contributed by atoms with Crippen molar-refractivity contribution >= 4 is 12.1 Å². The van der Waals surface area contributed by atoms with E-state index < -0.39 is 0 Å². The monoisotopic (exact) mass is 471 g/mol. The Morgan fingerprint density at radius 2 is 2.06 bits per heavy atom. The molecule has 1 saturated heterocycles. The average Bonchev–Trinajstić information content (AvgIpc) is 3.15. The molecule has 7 unspecified atom stereocenters. The van der Waals surface area contributed by atoms with Crippen molar-refractivity contribution in [2.24, 2.45) is 29.1 Å². The molecule has 0 bridgehead atoms. The predicted octanol–water partition coefficient (Wildman–Crippen LogP) is 4.19. The lowest BCUT2D eigenvalue weighted by Gasteiger charge is -2.60. The second-order valence-corrected chi connectivity index (χ2v) is 11.8. The van der Waals surface area contributed by atoms with Gasteiger partial charge in [0.2, 0.25) is 6.41 Å². The molecular weight excluding hydrogens is 426 g/mol. The fourth-order valence-electron chi connectivity index (χ4n) is 8.57. The summed E-state index contributed by atoms with van der Waals surface area (Å²) in [7, 11) is 0. The van der Waals surface area contributed by atoms with Gasteiger partial charge >= 0.3 is 0 Å². The first-order chi connectivity index (χ1) is 16.5. The van der Waals surface area contributed by atoms with Crippen LogP contribution < -0.4 is 5.32 Å². The maximum absolute atomic E-state index is 10.8. The first kappa shape index (κ1) is 24.5. The molecule has 0 spiro atoms. The van der Waals surface area contributed by atoms with Gasteiger partial charge in [-0.15, -0.1) is 0 Å². The molecule has 6 heteroatoms. The van der Waals surface area contributed by atoms with Crippen molar-refractivity contribution < 1.29 is 14.3 Å². The number of ether oxygens (including phenoxy) is 2. The molecule has 190 valence electrons. The molecule has 0 radical (unpaired) electrons. The van der Waals surface area contributed by atoms with Gasteiger partial charge in [0.15, 0.2) is 0 Å². The first-order valence-corrected chi connectivity index (χ1v) is 13.9. The smallest absolute Gasteiger partial charge is 0.207 e. The summed E-state index contributed by atoms with van der Waals surface area (Å²) in [5.41, 5.74) is 2.78. The normalized spacial score (nSPS) is 40.4. The van der Waals surface area contributed by atoms with Gasteiger partial charge in [-0.1, -0.05) is 25.5 Å². The largest absolute Gasteiger partial charge is 0.379 e. The van der Waals surface area contributed by atoms with Crippen molar-refractivity contribution in [2.45, 2.75) is 83.3 Å². The Bertz CT molecular complexity index is 794. The molecule has 0 aromatic rings. The second kappa shape index (κ2) is 10.0. The van der Waals surface area contributed by atoms with Crippen LogP contribution in [0.2, 0.25) is 0 Å². The van der Waals surface area contributed by atoms with Gasteiger partial charge in [-0.3, -0.25) is 9.69 Å². The molecule has 4 fully saturated rings. The van der Waals surface area contributed by atoms with Crippen LogP contribution >= 0.6 is 0 Å². The minimum atomic E-state index is -0.0882. The van der Waals surface area contributed by atoms with Crippen molar-refractivity contribution in [3.8, 4) is 0 Å². The average molecular weight is 472 g/mol. The van der Waals surface area contributed by atoms with E-state index in [0.717, 1.165) is 89.1 Å². The van der Waals surface area contributed by atoms with Gasteiger partial charge in [-0.2, -0.15) is 0 Å². The van der Waals surface area contributed by atoms with E-state index in [1.807, 2.05) is 0 Å². The summed E-state index contributed by atoms with van der Waals surface area (Å²) < 4.78 is 12.4. The summed E-state index contributed by atoms with van der Waals surface area (Å²) in [6.07, 6.45) is 13.6. The van der Waals surface area contributed by atoms with Gasteiger partial charge < -0.3 is 20.2 Å². The summed E-state index contributed by atoms with van der Waals surface area (Å²) >= 11 is 0. The van der Waals surface area contributed by atoms with Gasteiger partial charge in [-0.05, 0) is 75.5 Å². The van der Waals surface area contributed by atoms with E-state index in [9.17, 15) is 4.79 Å². The van der Waals surface area contributed by atoms with Gasteiger partial charge in [0.25, 0.3) is 0 Å². The van der Waals surface area contributed by atoms with Gasteiger partial charge in [-0.25, -0.2) is 0 Å². The van der Waals surface area contributed by atoms with E-state index in [0.29, 0.717) is 17.9 Å². The Morgan fingerprint density at radius 3 is 2.82 bits per heavy atom. The first-order valence-electron chi connectivity index (χ1n) is 13.9. The number of nitrogens with zero attached hydrogens (tertiary/aromatic N) is 1. The highest BCUT2D eigenvalue weighted by Crippen LogP contribution is 2.64. The fourth-order valence-corrected chi connectivity index (χ4v) is 8.57. The molecule has 1 aliphatic heterocycles. The zero-order valence-electron chi connectivity index (χ0n) is 21.3. The number of hydrogen-bond donors (Lipinski definition) is 2. The number of hydrogen-bond acceptors (Lipinski definition) is 5. The van der Waals surface area contributed by atoms with E-state index in [1.165, 1.54) is 32.1 Å². The lowest BCUT2D eigenvalue weighted by Crippen LogP contribution is -2.57. The zero-order valence-corrected chi connectivity index (χ0v) is 21.3. The number of rotatable bonds is 10. The summed E-state index contributed by atoms with van der Waals surface area (Å²) in [6.45, 7) is 9.73. The third-order valence-electron chi connectivity index (χ3n) is 10.5. The Hall–Kier alpha value is -1.24. The highest BCUT2D eigenvalue weighted by atomic mass is 16.5.